The molecule has 3 amide bonds. The monoisotopic (exact) mass is 501 g/mol. The van der Waals surface area contributed by atoms with Gasteiger partial charge in [-0.2, -0.15) is 0 Å². The lowest BCUT2D eigenvalue weighted by Crippen LogP contribution is -2.64. The van der Waals surface area contributed by atoms with Crippen LogP contribution in [0.1, 0.15) is 40.1 Å². The normalized spacial score (nSPS) is 13.0. The molecule has 0 aliphatic carbocycles. The molecule has 0 heterocycles. The Labute approximate surface area is 207 Å². The Hall–Kier alpha value is -3.82. The van der Waals surface area contributed by atoms with Gasteiger partial charge < -0.3 is 25.2 Å². The number of nitrogens with one attached hydrogen (secondary N) is 2. The molecule has 11 heteroatoms. The number of hydroxylamine groups is 1. The van der Waals surface area contributed by atoms with Crippen molar-refractivity contribution in [3.05, 3.63) is 70.5 Å². The van der Waals surface area contributed by atoms with Crippen LogP contribution in [0, 0.1) is 17.7 Å². The highest BCUT2D eigenvalue weighted by molar-refractivity contribution is 6.12. The Morgan fingerprint density at radius 2 is 1.72 bits per heavy atom. The Morgan fingerprint density at radius 1 is 1.11 bits per heavy atom. The Balaban J connectivity index is 2.17. The number of carbonyl (C=O) groups is 3. The first-order valence-electron chi connectivity index (χ1n) is 10.8. The maximum atomic E-state index is 14.4. The quantitative estimate of drug-likeness (QED) is 0.109. The molecule has 0 fully saturated rings. The van der Waals surface area contributed by atoms with Gasteiger partial charge in [-0.25, -0.2) is 9.87 Å². The van der Waals surface area contributed by atoms with Crippen LogP contribution in [-0.2, 0) is 14.3 Å². The average Bonchev–Trinajstić information content (AvgIpc) is 2.89. The zero-order chi connectivity index (χ0) is 26.9. The fraction of sp³-hybridized carbons (Fsp3) is 0.320. The van der Waals surface area contributed by atoms with E-state index in [1.807, 2.05) is 0 Å². The van der Waals surface area contributed by atoms with Crippen LogP contribution in [0.15, 0.2) is 42.5 Å². The summed E-state index contributed by atoms with van der Waals surface area (Å²) in [6, 6.07) is 10.1. The standard InChI is InChI=1S/C25H28FN3O7/c1-25(23(33)27-2,24(34)28-35)29(3)22(32)18-9-6-16(7-10-18)4-5-17-8-11-19(20(26)14-17)21(31)15-36-13-12-30/h6-11,14,21,30-31,35H,12-13,15H2,1-3H3,(H,27,33)(H,28,34). The second kappa shape index (κ2) is 12.8. The number of aliphatic hydroxyl groups is 2. The third-order valence-corrected chi connectivity index (χ3v) is 5.54. The Kier molecular flexibility index (Phi) is 10.1. The van der Waals surface area contributed by atoms with Gasteiger partial charge in [0.1, 0.15) is 11.9 Å². The van der Waals surface area contributed by atoms with Gasteiger partial charge in [-0.05, 0) is 43.3 Å². The van der Waals surface area contributed by atoms with Gasteiger partial charge in [0.15, 0.2) is 5.54 Å². The van der Waals surface area contributed by atoms with Crippen molar-refractivity contribution in [2.24, 2.45) is 0 Å². The lowest BCUT2D eigenvalue weighted by molar-refractivity contribution is -0.148. The van der Waals surface area contributed by atoms with Crippen molar-refractivity contribution in [2.75, 3.05) is 33.9 Å². The number of ether oxygens (including phenoxy) is 1. The number of aliphatic hydroxyl groups excluding tert-OH is 2. The van der Waals surface area contributed by atoms with Gasteiger partial charge in [0.2, 0.25) is 0 Å². The van der Waals surface area contributed by atoms with Crippen LogP contribution in [0.5, 0.6) is 0 Å². The molecule has 0 aliphatic heterocycles. The van der Waals surface area contributed by atoms with E-state index in [2.05, 4.69) is 17.2 Å². The Morgan fingerprint density at radius 3 is 2.28 bits per heavy atom. The van der Waals surface area contributed by atoms with E-state index in [-0.39, 0.29) is 30.9 Å². The fourth-order valence-corrected chi connectivity index (χ4v) is 3.22. The highest BCUT2D eigenvalue weighted by atomic mass is 19.1. The first-order chi connectivity index (χ1) is 17.1. The summed E-state index contributed by atoms with van der Waals surface area (Å²) in [5, 5.41) is 30.0. The summed E-state index contributed by atoms with van der Waals surface area (Å²) in [6.07, 6.45) is -1.18. The molecular weight excluding hydrogens is 473 g/mol. The lowest BCUT2D eigenvalue weighted by atomic mass is 9.96. The molecule has 2 rings (SSSR count). The van der Waals surface area contributed by atoms with Crippen LogP contribution in [0.3, 0.4) is 0 Å². The zero-order valence-corrected chi connectivity index (χ0v) is 20.0. The van der Waals surface area contributed by atoms with Crippen LogP contribution in [0.25, 0.3) is 0 Å². The van der Waals surface area contributed by atoms with Crippen LogP contribution < -0.4 is 10.8 Å². The number of halogens is 1. The molecule has 0 saturated heterocycles. The van der Waals surface area contributed by atoms with Gasteiger partial charge in [-0.3, -0.25) is 19.6 Å². The highest BCUT2D eigenvalue weighted by Crippen LogP contribution is 2.20. The van der Waals surface area contributed by atoms with Crippen molar-refractivity contribution in [1.82, 2.24) is 15.7 Å². The lowest BCUT2D eigenvalue weighted by Gasteiger charge is -2.34. The van der Waals surface area contributed by atoms with Gasteiger partial charge in [-0.1, -0.05) is 17.9 Å². The first kappa shape index (κ1) is 28.4. The minimum atomic E-state index is -2.01. The van der Waals surface area contributed by atoms with E-state index in [1.54, 1.807) is 18.2 Å². The van der Waals surface area contributed by atoms with E-state index in [1.165, 1.54) is 50.8 Å². The van der Waals surface area contributed by atoms with Crippen molar-refractivity contribution in [2.45, 2.75) is 18.6 Å². The molecule has 0 aliphatic rings. The van der Waals surface area contributed by atoms with Crippen LogP contribution in [0.2, 0.25) is 0 Å². The molecule has 0 radical (unpaired) electrons. The van der Waals surface area contributed by atoms with E-state index < -0.39 is 35.2 Å². The molecule has 2 unspecified atom stereocenters. The first-order valence-corrected chi connectivity index (χ1v) is 10.8. The van der Waals surface area contributed by atoms with Crippen molar-refractivity contribution in [3.63, 3.8) is 0 Å². The molecule has 2 aromatic rings. The minimum absolute atomic E-state index is 0.0360. The summed E-state index contributed by atoms with van der Waals surface area (Å²) in [4.78, 5) is 38.2. The molecule has 0 spiro atoms. The molecule has 36 heavy (non-hydrogen) atoms. The van der Waals surface area contributed by atoms with Crippen molar-refractivity contribution in [1.29, 1.82) is 0 Å². The number of nitrogens with zero attached hydrogens (tertiary/aromatic N) is 1. The second-order valence-electron chi connectivity index (χ2n) is 7.83. The number of hydrogen-bond acceptors (Lipinski definition) is 7. The molecule has 0 saturated carbocycles. The summed E-state index contributed by atoms with van der Waals surface area (Å²) in [5.74, 6) is 2.46. The second-order valence-corrected chi connectivity index (χ2v) is 7.83. The topological polar surface area (TPSA) is 148 Å². The number of hydrogen-bond donors (Lipinski definition) is 5. The largest absolute Gasteiger partial charge is 0.394 e. The number of benzene rings is 2. The predicted molar refractivity (Wildman–Crippen MR) is 126 cm³/mol. The Bertz CT molecular complexity index is 1140. The van der Waals surface area contributed by atoms with Crippen LogP contribution in [-0.4, -0.2) is 77.5 Å². The fourth-order valence-electron chi connectivity index (χ4n) is 3.22. The highest BCUT2D eigenvalue weighted by Gasteiger charge is 2.47. The maximum absolute atomic E-state index is 14.4. The van der Waals surface area contributed by atoms with Gasteiger partial charge >= 0.3 is 0 Å². The van der Waals surface area contributed by atoms with Gasteiger partial charge in [0.25, 0.3) is 17.7 Å². The molecule has 10 nitrogen and oxygen atoms in total. The van der Waals surface area contributed by atoms with Crippen molar-refractivity contribution >= 4 is 17.7 Å². The summed E-state index contributed by atoms with van der Waals surface area (Å²) in [5.41, 5.74) is 0.479. The molecule has 192 valence electrons. The third-order valence-electron chi connectivity index (χ3n) is 5.54. The molecule has 0 aromatic heterocycles. The van der Waals surface area contributed by atoms with Gasteiger partial charge in [-0.15, -0.1) is 0 Å². The average molecular weight is 502 g/mol. The molecule has 2 aromatic carbocycles. The number of likely N-dealkylation sites (N-methyl/N-ethyl adjacent to an activating group) is 2. The SMILES string of the molecule is CNC(=O)C(C)(C(=O)NO)N(C)C(=O)c1ccc(C#Cc2ccc(C(O)COCCO)c(F)c2)cc1. The summed E-state index contributed by atoms with van der Waals surface area (Å²) >= 11 is 0. The van der Waals surface area contributed by atoms with E-state index in [0.717, 1.165) is 4.90 Å². The summed E-state index contributed by atoms with van der Waals surface area (Å²) in [6.45, 7) is 0.872. The van der Waals surface area contributed by atoms with E-state index in [4.69, 9.17) is 15.1 Å². The zero-order valence-electron chi connectivity index (χ0n) is 20.0. The maximum Gasteiger partial charge on any atom is 0.278 e. The smallest absolute Gasteiger partial charge is 0.278 e. The van der Waals surface area contributed by atoms with Crippen molar-refractivity contribution < 1.29 is 38.9 Å². The summed E-state index contributed by atoms with van der Waals surface area (Å²) in [7, 11) is 2.56. The van der Waals surface area contributed by atoms with E-state index >= 15 is 0 Å². The molecule has 0 bridgehead atoms. The summed E-state index contributed by atoms with van der Waals surface area (Å²) < 4.78 is 19.4. The molecular formula is C25H28FN3O7. The van der Waals surface area contributed by atoms with E-state index in [0.29, 0.717) is 11.1 Å². The molecule has 2 atom stereocenters. The van der Waals surface area contributed by atoms with Crippen LogP contribution in [0.4, 0.5) is 4.39 Å². The van der Waals surface area contributed by atoms with Gasteiger partial charge in [0, 0.05) is 36.3 Å². The van der Waals surface area contributed by atoms with Crippen LogP contribution >= 0.6 is 0 Å². The number of carbonyl (C=O) groups excluding carboxylic acids is 3. The minimum Gasteiger partial charge on any atom is -0.394 e. The molecule has 5 N–H and O–H groups in total. The van der Waals surface area contributed by atoms with E-state index in [9.17, 15) is 23.9 Å². The third kappa shape index (κ3) is 6.44. The number of amides is 3. The number of rotatable bonds is 9. The van der Waals surface area contributed by atoms with Crippen molar-refractivity contribution in [3.8, 4) is 11.8 Å². The predicted octanol–water partition coefficient (Wildman–Crippen LogP) is 0.350. The van der Waals surface area contributed by atoms with Gasteiger partial charge in [0.05, 0.1) is 19.8 Å².